The zero-order valence-electron chi connectivity index (χ0n) is 26.8. The SMILES string of the molecule is C.CC1(c2cccc(-c3cccc(C#N)c3)c2)N=C(N)c2ccccc21.CC1(c2cccc(Br)c2)N=C(N)c2ccccc21.[B][B]B([B])[B]. The third-order valence-corrected chi connectivity index (χ3v) is 8.99. The molecule has 7 radical (unpaired) electrons. The minimum absolute atomic E-state index is 0. The summed E-state index contributed by atoms with van der Waals surface area (Å²) in [7, 11) is 15.8. The van der Waals surface area contributed by atoms with Gasteiger partial charge in [-0.3, -0.25) is 9.98 Å². The first-order chi connectivity index (χ1) is 23.0. The molecular formula is C38H34B5BrN5. The van der Waals surface area contributed by atoms with E-state index in [1.807, 2.05) is 78.9 Å². The molecular weight excluding hydrogens is 660 g/mol. The van der Waals surface area contributed by atoms with Crippen LogP contribution in [0, 0.1) is 11.3 Å². The van der Waals surface area contributed by atoms with Crippen molar-refractivity contribution in [3.63, 3.8) is 0 Å². The van der Waals surface area contributed by atoms with Gasteiger partial charge >= 0.3 is 0 Å². The second-order valence-electron chi connectivity index (χ2n) is 11.8. The summed E-state index contributed by atoms with van der Waals surface area (Å²) >= 11 is 3.51. The van der Waals surface area contributed by atoms with E-state index in [4.69, 9.17) is 44.9 Å². The molecule has 0 saturated carbocycles. The number of benzene rings is 5. The van der Waals surface area contributed by atoms with Crippen LogP contribution >= 0.6 is 15.9 Å². The van der Waals surface area contributed by atoms with Crippen LogP contribution in [0.2, 0.25) is 0 Å². The van der Waals surface area contributed by atoms with Gasteiger partial charge in [-0.2, -0.15) is 5.26 Å². The Morgan fingerprint density at radius 3 is 1.63 bits per heavy atom. The van der Waals surface area contributed by atoms with Crippen molar-refractivity contribution in [2.45, 2.75) is 32.4 Å². The number of fused-ring (bicyclic) bond motifs is 2. The Hall–Kier alpha value is -4.67. The number of rotatable bonds is 4. The van der Waals surface area contributed by atoms with Crippen LogP contribution in [-0.2, 0) is 11.1 Å². The number of nitriles is 1. The van der Waals surface area contributed by atoms with Crippen LogP contribution in [0.1, 0.15) is 60.2 Å². The van der Waals surface area contributed by atoms with E-state index in [-0.39, 0.29) is 13.0 Å². The van der Waals surface area contributed by atoms with Crippen molar-refractivity contribution >= 4 is 64.3 Å². The average Bonchev–Trinajstić information content (AvgIpc) is 3.54. The molecule has 0 saturated heterocycles. The quantitative estimate of drug-likeness (QED) is 0.214. The largest absolute Gasteiger partial charge is 0.383 e. The maximum Gasteiger partial charge on any atom is 0.127 e. The summed E-state index contributed by atoms with van der Waals surface area (Å²) in [6.07, 6.45) is -0.463. The van der Waals surface area contributed by atoms with Crippen molar-refractivity contribution in [2.24, 2.45) is 21.5 Å². The molecule has 2 atom stereocenters. The maximum atomic E-state index is 9.13. The third kappa shape index (κ3) is 7.82. The molecule has 2 unspecified atom stereocenters. The minimum Gasteiger partial charge on any atom is -0.383 e. The lowest BCUT2D eigenvalue weighted by Gasteiger charge is -2.24. The zero-order valence-corrected chi connectivity index (χ0v) is 28.4. The lowest BCUT2D eigenvalue weighted by molar-refractivity contribution is 0.620. The predicted molar refractivity (Wildman–Crippen MR) is 213 cm³/mol. The normalized spacial score (nSPS) is 17.9. The summed E-state index contributed by atoms with van der Waals surface area (Å²) in [5.41, 5.74) is 20.6. The summed E-state index contributed by atoms with van der Waals surface area (Å²) in [4.78, 5) is 9.44. The number of hydrogen-bond donors (Lipinski definition) is 2. The first-order valence-corrected chi connectivity index (χ1v) is 16.1. The van der Waals surface area contributed by atoms with Gasteiger partial charge in [0.25, 0.3) is 0 Å². The van der Waals surface area contributed by atoms with Crippen LogP contribution in [0.3, 0.4) is 0 Å². The number of aliphatic imine (C=N–C) groups is 2. The van der Waals surface area contributed by atoms with Crippen LogP contribution in [0.5, 0.6) is 0 Å². The van der Waals surface area contributed by atoms with Gasteiger partial charge < -0.3 is 11.5 Å². The van der Waals surface area contributed by atoms with E-state index >= 15 is 0 Å². The van der Waals surface area contributed by atoms with Crippen molar-refractivity contribution < 1.29 is 0 Å². The third-order valence-electron chi connectivity index (χ3n) is 8.50. The van der Waals surface area contributed by atoms with Gasteiger partial charge in [-0.1, -0.05) is 114 Å². The highest BCUT2D eigenvalue weighted by Gasteiger charge is 2.37. The fourth-order valence-electron chi connectivity index (χ4n) is 5.99. The van der Waals surface area contributed by atoms with Crippen LogP contribution in [0.4, 0.5) is 0 Å². The fraction of sp³-hybridized carbons (Fsp3) is 0.132. The number of nitrogens with zero attached hydrogens (tertiary/aromatic N) is 3. The standard InChI is InChI=1S/C22H17N3.C15H13BrN2.CH4.B5/c1-22(20-11-3-2-10-19(20)21(24)25-22)18-9-5-8-17(13-18)16-7-4-6-15(12-16)14-23;1-15(10-5-4-6-11(16)9-10)13-8-3-2-7-12(13)14(17)18-15;;1-4-5(2)3/h2-13H,1H3,(H2,24,25);2-9H,1H3,(H2,17,18);1H4;. The summed E-state index contributed by atoms with van der Waals surface area (Å²) < 4.78 is 1.05. The number of halogens is 1. The van der Waals surface area contributed by atoms with E-state index in [2.05, 4.69) is 83.3 Å². The van der Waals surface area contributed by atoms with Crippen LogP contribution < -0.4 is 11.5 Å². The van der Waals surface area contributed by atoms with Gasteiger partial charge in [0.2, 0.25) is 0 Å². The Morgan fingerprint density at radius 2 is 1.14 bits per heavy atom. The van der Waals surface area contributed by atoms with Crippen LogP contribution in [-0.4, -0.2) is 48.3 Å². The molecule has 0 bridgehead atoms. The molecule has 0 fully saturated rings. The molecule has 0 spiro atoms. The molecule has 0 aliphatic carbocycles. The van der Waals surface area contributed by atoms with Crippen molar-refractivity contribution in [3.8, 4) is 17.2 Å². The molecule has 7 rings (SSSR count). The van der Waals surface area contributed by atoms with E-state index in [1.165, 1.54) is 12.6 Å². The van der Waals surface area contributed by atoms with Gasteiger partial charge in [-0.05, 0) is 77.6 Å². The Kier molecular flexibility index (Phi) is 11.9. The van der Waals surface area contributed by atoms with Crippen molar-refractivity contribution in [2.75, 3.05) is 0 Å². The van der Waals surface area contributed by atoms with Gasteiger partial charge in [0.1, 0.15) is 22.7 Å². The van der Waals surface area contributed by atoms with E-state index in [1.54, 1.807) is 0 Å². The molecule has 0 aromatic heterocycles. The molecule has 2 aliphatic heterocycles. The lowest BCUT2D eigenvalue weighted by atomic mass is 8.97. The Balaban J connectivity index is 0.000000198. The first kappa shape index (κ1) is 37.2. The molecule has 0 amide bonds. The molecule has 4 N–H and O–H groups in total. The van der Waals surface area contributed by atoms with Crippen molar-refractivity contribution in [1.29, 1.82) is 5.26 Å². The molecule has 5 aromatic rings. The minimum atomic E-state index is -0.497. The molecule has 2 heterocycles. The summed E-state index contributed by atoms with van der Waals surface area (Å²) in [6, 6.07) is 42.6. The van der Waals surface area contributed by atoms with Crippen molar-refractivity contribution in [3.05, 3.63) is 165 Å². The summed E-state index contributed by atoms with van der Waals surface area (Å²) in [5.74, 6) is 1.20. The highest BCUT2D eigenvalue weighted by Crippen LogP contribution is 2.42. The highest BCUT2D eigenvalue weighted by molar-refractivity contribution is 9.10. The predicted octanol–water partition coefficient (Wildman–Crippen LogP) is 6.37. The number of amidine groups is 2. The second kappa shape index (κ2) is 15.7. The van der Waals surface area contributed by atoms with Gasteiger partial charge in [0.15, 0.2) is 0 Å². The van der Waals surface area contributed by atoms with Gasteiger partial charge in [0, 0.05) is 52.3 Å². The average molecular weight is 695 g/mol. The number of nitrogens with two attached hydrogens (primary N) is 2. The van der Waals surface area contributed by atoms with E-state index < -0.39 is 11.9 Å². The van der Waals surface area contributed by atoms with Gasteiger partial charge in [-0.25, -0.2) is 0 Å². The van der Waals surface area contributed by atoms with E-state index in [0.717, 1.165) is 43.4 Å². The zero-order chi connectivity index (χ0) is 34.5. The smallest absolute Gasteiger partial charge is 0.127 e. The number of hydrogen-bond acceptors (Lipinski definition) is 5. The molecule has 5 aromatic carbocycles. The monoisotopic (exact) mass is 694 g/mol. The van der Waals surface area contributed by atoms with Crippen molar-refractivity contribution in [1.82, 2.24) is 0 Å². The summed E-state index contributed by atoms with van der Waals surface area (Å²) in [6.45, 7) is 4.20. The second-order valence-corrected chi connectivity index (χ2v) is 12.7. The molecule has 11 heteroatoms. The summed E-state index contributed by atoms with van der Waals surface area (Å²) in [5, 5.41) is 9.13. The molecule has 2 aliphatic rings. The van der Waals surface area contributed by atoms with E-state index in [0.29, 0.717) is 17.2 Å². The lowest BCUT2D eigenvalue weighted by Crippen LogP contribution is -2.23. The molecule has 49 heavy (non-hydrogen) atoms. The van der Waals surface area contributed by atoms with Crippen LogP contribution in [0.15, 0.2) is 136 Å². The Bertz CT molecular complexity index is 2060. The Morgan fingerprint density at radius 1 is 0.694 bits per heavy atom. The Labute approximate surface area is 304 Å². The van der Waals surface area contributed by atoms with E-state index in [9.17, 15) is 0 Å². The maximum absolute atomic E-state index is 9.13. The van der Waals surface area contributed by atoms with Gasteiger partial charge in [0.05, 0.1) is 11.6 Å². The highest BCUT2D eigenvalue weighted by atomic mass is 79.9. The van der Waals surface area contributed by atoms with Gasteiger partial charge in [-0.15, -0.1) is 0 Å². The molecule has 5 nitrogen and oxygen atoms in total. The molecule has 233 valence electrons. The van der Waals surface area contributed by atoms with Crippen LogP contribution in [0.25, 0.3) is 11.1 Å². The topological polar surface area (TPSA) is 101 Å². The fourth-order valence-corrected chi connectivity index (χ4v) is 6.39. The first-order valence-electron chi connectivity index (χ1n) is 15.3.